The van der Waals surface area contributed by atoms with Crippen molar-refractivity contribution in [3.63, 3.8) is 0 Å². The first-order valence-electron chi connectivity index (χ1n) is 6.56. The Morgan fingerprint density at radius 1 is 1.45 bits per heavy atom. The third-order valence-corrected chi connectivity index (χ3v) is 4.59. The molecule has 104 valence electrons. The zero-order valence-electron chi connectivity index (χ0n) is 10.9. The summed E-state index contributed by atoms with van der Waals surface area (Å²) in [5, 5.41) is 17.2. The van der Waals surface area contributed by atoms with Crippen molar-refractivity contribution in [2.75, 3.05) is 0 Å². The van der Waals surface area contributed by atoms with Gasteiger partial charge >= 0.3 is 5.97 Å². The molecule has 0 radical (unpaired) electrons. The number of carboxylic acid groups (broad SMARTS) is 1. The van der Waals surface area contributed by atoms with E-state index in [9.17, 15) is 4.79 Å². The van der Waals surface area contributed by atoms with E-state index in [-0.39, 0.29) is 6.42 Å². The lowest BCUT2D eigenvalue weighted by Crippen LogP contribution is -2.12. The van der Waals surface area contributed by atoms with Gasteiger partial charge in [0.15, 0.2) is 0 Å². The zero-order chi connectivity index (χ0) is 13.9. The van der Waals surface area contributed by atoms with Gasteiger partial charge in [0.25, 0.3) is 0 Å². The van der Waals surface area contributed by atoms with Crippen molar-refractivity contribution in [3.05, 3.63) is 41.7 Å². The van der Waals surface area contributed by atoms with Gasteiger partial charge in [-0.1, -0.05) is 23.4 Å². The number of aryl methyl sites for hydroxylation is 1. The number of thioether (sulfide) groups is 1. The van der Waals surface area contributed by atoms with E-state index in [1.54, 1.807) is 0 Å². The van der Waals surface area contributed by atoms with Crippen LogP contribution >= 0.6 is 11.8 Å². The summed E-state index contributed by atoms with van der Waals surface area (Å²) in [6.07, 6.45) is 3.44. The van der Waals surface area contributed by atoms with E-state index < -0.39 is 5.97 Å². The van der Waals surface area contributed by atoms with Crippen LogP contribution in [0.3, 0.4) is 0 Å². The van der Waals surface area contributed by atoms with Gasteiger partial charge in [0.05, 0.1) is 18.7 Å². The smallest absolute Gasteiger partial charge is 0.303 e. The molecular formula is C14H15N3O2S. The number of fused-ring (bicyclic) bond motifs is 1. The number of carbonyl (C=O) groups is 1. The number of carboxylic acids is 1. The normalized spacial score (nSPS) is 17.1. The van der Waals surface area contributed by atoms with Crippen LogP contribution in [0, 0.1) is 0 Å². The molecule has 1 atom stereocenters. The molecule has 6 heteroatoms. The van der Waals surface area contributed by atoms with E-state index in [1.165, 1.54) is 10.5 Å². The fourth-order valence-electron chi connectivity index (χ4n) is 2.34. The molecule has 0 aliphatic carbocycles. The second-order valence-corrected chi connectivity index (χ2v) is 6.22. The Bertz CT molecular complexity index is 601. The first-order valence-corrected chi connectivity index (χ1v) is 7.44. The van der Waals surface area contributed by atoms with Gasteiger partial charge in [0.1, 0.15) is 0 Å². The fraction of sp³-hybridized carbons (Fsp3) is 0.357. The predicted molar refractivity (Wildman–Crippen MR) is 75.8 cm³/mol. The molecule has 0 saturated carbocycles. The molecule has 0 amide bonds. The predicted octanol–water partition coefficient (Wildman–Crippen LogP) is 2.01. The monoisotopic (exact) mass is 289 g/mol. The van der Waals surface area contributed by atoms with Crippen molar-refractivity contribution >= 4 is 17.7 Å². The lowest BCUT2D eigenvalue weighted by molar-refractivity contribution is -0.136. The van der Waals surface area contributed by atoms with E-state index in [0.717, 1.165) is 18.7 Å². The van der Waals surface area contributed by atoms with Gasteiger partial charge in [-0.15, -0.1) is 16.9 Å². The van der Waals surface area contributed by atoms with Crippen molar-refractivity contribution in [2.24, 2.45) is 0 Å². The summed E-state index contributed by atoms with van der Waals surface area (Å²) in [5.74, 6) is -0.804. The Balaban J connectivity index is 1.58. The van der Waals surface area contributed by atoms with Gasteiger partial charge in [-0.2, -0.15) is 0 Å². The van der Waals surface area contributed by atoms with E-state index in [2.05, 4.69) is 34.6 Å². The minimum atomic E-state index is -0.804. The van der Waals surface area contributed by atoms with Gasteiger partial charge < -0.3 is 5.11 Å². The van der Waals surface area contributed by atoms with Gasteiger partial charge in [0.2, 0.25) is 0 Å². The summed E-state index contributed by atoms with van der Waals surface area (Å²) in [6, 6.07) is 8.45. The summed E-state index contributed by atoms with van der Waals surface area (Å²) in [4.78, 5) is 11.9. The molecule has 1 aromatic heterocycles. The molecule has 2 heterocycles. The van der Waals surface area contributed by atoms with Gasteiger partial charge in [-0.25, -0.2) is 0 Å². The minimum absolute atomic E-state index is 0.0995. The fourth-order valence-corrected chi connectivity index (χ4v) is 3.65. The summed E-state index contributed by atoms with van der Waals surface area (Å²) < 4.78 is 1.82. The van der Waals surface area contributed by atoms with Crippen molar-refractivity contribution in [1.29, 1.82) is 0 Å². The highest BCUT2D eigenvalue weighted by molar-refractivity contribution is 8.00. The van der Waals surface area contributed by atoms with Crippen molar-refractivity contribution in [3.8, 4) is 0 Å². The maximum absolute atomic E-state index is 10.5. The third kappa shape index (κ3) is 3.01. The van der Waals surface area contributed by atoms with Gasteiger partial charge in [-0.3, -0.25) is 9.48 Å². The summed E-state index contributed by atoms with van der Waals surface area (Å²) in [7, 11) is 0. The van der Waals surface area contributed by atoms with Crippen LogP contribution in [0.15, 0.2) is 35.4 Å². The highest BCUT2D eigenvalue weighted by atomic mass is 32.2. The van der Waals surface area contributed by atoms with Crippen LogP contribution in [0.1, 0.15) is 17.7 Å². The lowest BCUT2D eigenvalue weighted by atomic mass is 10.1. The summed E-state index contributed by atoms with van der Waals surface area (Å²) >= 11 is 1.88. The van der Waals surface area contributed by atoms with Crippen LogP contribution in [0.4, 0.5) is 0 Å². The number of hydrogen-bond acceptors (Lipinski definition) is 4. The first-order chi connectivity index (χ1) is 9.70. The Morgan fingerprint density at radius 2 is 2.30 bits per heavy atom. The maximum Gasteiger partial charge on any atom is 0.303 e. The lowest BCUT2D eigenvalue weighted by Gasteiger charge is -2.06. The SMILES string of the molecule is O=C(O)CCc1cn(CC2Cc3ccccc3S2)nn1. The van der Waals surface area contributed by atoms with Crippen LogP contribution in [0.5, 0.6) is 0 Å². The molecule has 20 heavy (non-hydrogen) atoms. The Labute approximate surface area is 121 Å². The molecule has 1 N–H and O–H groups in total. The first kappa shape index (κ1) is 13.2. The molecule has 0 saturated heterocycles. The number of aromatic nitrogens is 3. The molecule has 1 aliphatic heterocycles. The molecule has 3 rings (SSSR count). The quantitative estimate of drug-likeness (QED) is 0.912. The molecule has 0 fully saturated rings. The number of rotatable bonds is 5. The molecular weight excluding hydrogens is 274 g/mol. The number of aliphatic carboxylic acids is 1. The van der Waals surface area contributed by atoms with Crippen LogP contribution in [0.2, 0.25) is 0 Å². The van der Waals surface area contributed by atoms with Crippen LogP contribution < -0.4 is 0 Å². The molecule has 2 aromatic rings. The second kappa shape index (κ2) is 5.66. The van der Waals surface area contributed by atoms with E-state index in [0.29, 0.717) is 11.7 Å². The van der Waals surface area contributed by atoms with Crippen LogP contribution in [-0.4, -0.2) is 31.3 Å². The molecule has 1 aromatic carbocycles. The minimum Gasteiger partial charge on any atom is -0.481 e. The highest BCUT2D eigenvalue weighted by Gasteiger charge is 2.22. The molecule has 0 spiro atoms. The second-order valence-electron chi connectivity index (χ2n) is 4.88. The average Bonchev–Trinajstić information content (AvgIpc) is 3.02. The maximum atomic E-state index is 10.5. The van der Waals surface area contributed by atoms with Crippen molar-refractivity contribution in [2.45, 2.75) is 36.0 Å². The van der Waals surface area contributed by atoms with Crippen molar-refractivity contribution in [1.82, 2.24) is 15.0 Å². The Kier molecular flexibility index (Phi) is 3.73. The largest absolute Gasteiger partial charge is 0.481 e. The van der Waals surface area contributed by atoms with Gasteiger partial charge in [0, 0.05) is 22.8 Å². The Morgan fingerprint density at radius 3 is 3.10 bits per heavy atom. The number of hydrogen-bond donors (Lipinski definition) is 1. The zero-order valence-corrected chi connectivity index (χ0v) is 11.7. The third-order valence-electron chi connectivity index (χ3n) is 3.29. The van der Waals surface area contributed by atoms with E-state index in [1.807, 2.05) is 22.6 Å². The molecule has 5 nitrogen and oxygen atoms in total. The van der Waals surface area contributed by atoms with E-state index >= 15 is 0 Å². The van der Waals surface area contributed by atoms with E-state index in [4.69, 9.17) is 5.11 Å². The standard InChI is InChI=1S/C14H15N3O2S/c18-14(19)6-5-11-8-17(16-15-11)9-12-7-10-3-1-2-4-13(10)20-12/h1-4,8,12H,5-7,9H2,(H,18,19). The van der Waals surface area contributed by atoms with Crippen LogP contribution in [-0.2, 0) is 24.2 Å². The Hall–Kier alpha value is -1.82. The van der Waals surface area contributed by atoms with Gasteiger partial charge in [-0.05, 0) is 18.1 Å². The highest BCUT2D eigenvalue weighted by Crippen LogP contribution is 2.37. The molecule has 1 unspecified atom stereocenters. The summed E-state index contributed by atoms with van der Waals surface area (Å²) in [6.45, 7) is 0.805. The molecule has 0 bridgehead atoms. The van der Waals surface area contributed by atoms with Crippen LogP contribution in [0.25, 0.3) is 0 Å². The molecule has 1 aliphatic rings. The average molecular weight is 289 g/mol. The number of nitrogens with zero attached hydrogens (tertiary/aromatic N) is 3. The summed E-state index contributed by atoms with van der Waals surface area (Å²) in [5.41, 5.74) is 2.14. The topological polar surface area (TPSA) is 68.0 Å². The number of benzene rings is 1. The van der Waals surface area contributed by atoms with Crippen molar-refractivity contribution < 1.29 is 9.90 Å².